The number of phenolic OH excluding ortho intramolecular Hbond substituents is 1. The van der Waals surface area contributed by atoms with Crippen LogP contribution >= 0.6 is 11.6 Å². The Morgan fingerprint density at radius 3 is 2.64 bits per heavy atom. The molecule has 0 saturated heterocycles. The van der Waals surface area contributed by atoms with Gasteiger partial charge in [0.25, 0.3) is 5.91 Å². The normalized spacial score (nSPS) is 10.9. The van der Waals surface area contributed by atoms with Crippen LogP contribution in [-0.4, -0.2) is 28.3 Å². The molecule has 6 heteroatoms. The van der Waals surface area contributed by atoms with Gasteiger partial charge in [0, 0.05) is 35.6 Å². The van der Waals surface area contributed by atoms with E-state index in [0.29, 0.717) is 17.0 Å². The van der Waals surface area contributed by atoms with E-state index in [1.165, 1.54) is 11.0 Å². The van der Waals surface area contributed by atoms with E-state index in [1.807, 2.05) is 54.6 Å². The molecule has 0 spiro atoms. The fraction of sp³-hybridized carbons (Fsp3) is 0.0909. The van der Waals surface area contributed by atoms with Gasteiger partial charge < -0.3 is 10.0 Å². The van der Waals surface area contributed by atoms with Crippen LogP contribution in [-0.2, 0) is 6.42 Å². The molecule has 1 aromatic heterocycles. The van der Waals surface area contributed by atoms with Gasteiger partial charge in [-0.3, -0.25) is 9.89 Å². The molecule has 0 atom stereocenters. The number of fused-ring (bicyclic) bond motifs is 1. The Kier molecular flexibility index (Phi) is 4.75. The molecule has 28 heavy (non-hydrogen) atoms. The lowest BCUT2D eigenvalue weighted by Crippen LogP contribution is -2.26. The highest BCUT2D eigenvalue weighted by Gasteiger charge is 2.20. The van der Waals surface area contributed by atoms with Crippen molar-refractivity contribution in [1.29, 1.82) is 0 Å². The van der Waals surface area contributed by atoms with E-state index in [1.54, 1.807) is 13.1 Å². The number of nitrogens with one attached hydrogen (secondary N) is 1. The lowest BCUT2D eigenvalue weighted by Gasteiger charge is -2.18. The van der Waals surface area contributed by atoms with Crippen LogP contribution in [0.5, 0.6) is 5.75 Å². The highest BCUT2D eigenvalue weighted by molar-refractivity contribution is 6.30. The predicted molar refractivity (Wildman–Crippen MR) is 111 cm³/mol. The van der Waals surface area contributed by atoms with E-state index in [2.05, 4.69) is 10.2 Å². The number of rotatable bonds is 4. The van der Waals surface area contributed by atoms with Gasteiger partial charge in [0.05, 0.1) is 16.8 Å². The predicted octanol–water partition coefficient (Wildman–Crippen LogP) is 4.79. The molecule has 3 aromatic carbocycles. The average Bonchev–Trinajstić information content (AvgIpc) is 3.08. The first-order chi connectivity index (χ1) is 13.5. The second-order valence-electron chi connectivity index (χ2n) is 6.59. The summed E-state index contributed by atoms with van der Waals surface area (Å²) in [7, 11) is 1.68. The SMILES string of the molecule is CN(C(=O)c1cc2c(Cc3cccc(Cl)c3)n[nH]c2cc1O)c1ccccc1. The van der Waals surface area contributed by atoms with Crippen molar-refractivity contribution in [3.8, 4) is 5.75 Å². The maximum absolute atomic E-state index is 13.0. The van der Waals surface area contributed by atoms with Crippen molar-refractivity contribution in [2.45, 2.75) is 6.42 Å². The lowest BCUT2D eigenvalue weighted by molar-refractivity contribution is 0.0990. The molecular weight excluding hydrogens is 374 g/mol. The molecule has 0 unspecified atom stereocenters. The number of anilines is 1. The van der Waals surface area contributed by atoms with E-state index in [4.69, 9.17) is 11.6 Å². The maximum atomic E-state index is 13.0. The third kappa shape index (κ3) is 3.44. The van der Waals surface area contributed by atoms with Gasteiger partial charge in [-0.1, -0.05) is 41.9 Å². The Balaban J connectivity index is 1.71. The fourth-order valence-corrected chi connectivity index (χ4v) is 3.42. The zero-order valence-corrected chi connectivity index (χ0v) is 15.9. The molecule has 0 aliphatic carbocycles. The summed E-state index contributed by atoms with van der Waals surface area (Å²) < 4.78 is 0. The Bertz CT molecular complexity index is 1160. The minimum Gasteiger partial charge on any atom is -0.507 e. The van der Waals surface area contributed by atoms with Gasteiger partial charge in [0.2, 0.25) is 0 Å². The van der Waals surface area contributed by atoms with Crippen LogP contribution in [0.3, 0.4) is 0 Å². The monoisotopic (exact) mass is 391 g/mol. The number of para-hydroxylation sites is 1. The maximum Gasteiger partial charge on any atom is 0.261 e. The number of carbonyl (C=O) groups excluding carboxylic acids is 1. The summed E-state index contributed by atoms with van der Waals surface area (Å²) in [6.07, 6.45) is 0.563. The van der Waals surface area contributed by atoms with Gasteiger partial charge in [0.1, 0.15) is 5.75 Å². The zero-order chi connectivity index (χ0) is 19.7. The number of halogens is 1. The highest BCUT2D eigenvalue weighted by atomic mass is 35.5. The number of nitrogens with zero attached hydrogens (tertiary/aromatic N) is 2. The summed E-state index contributed by atoms with van der Waals surface area (Å²) in [5.74, 6) is -0.376. The molecule has 140 valence electrons. The van der Waals surface area contributed by atoms with Crippen LogP contribution in [0.25, 0.3) is 10.9 Å². The molecular formula is C22H18ClN3O2. The molecule has 0 radical (unpaired) electrons. The molecule has 1 amide bonds. The van der Waals surface area contributed by atoms with Crippen molar-refractivity contribution in [3.63, 3.8) is 0 Å². The van der Waals surface area contributed by atoms with Gasteiger partial charge in [-0.25, -0.2) is 0 Å². The topological polar surface area (TPSA) is 69.2 Å². The van der Waals surface area contributed by atoms with Crippen molar-refractivity contribution < 1.29 is 9.90 Å². The van der Waals surface area contributed by atoms with Gasteiger partial charge in [-0.05, 0) is 35.9 Å². The third-order valence-electron chi connectivity index (χ3n) is 4.70. The molecule has 0 fully saturated rings. The van der Waals surface area contributed by atoms with Gasteiger partial charge in [-0.2, -0.15) is 5.10 Å². The van der Waals surface area contributed by atoms with Crippen molar-refractivity contribution >= 4 is 34.1 Å². The van der Waals surface area contributed by atoms with Gasteiger partial charge >= 0.3 is 0 Å². The fourth-order valence-electron chi connectivity index (χ4n) is 3.20. The Labute approximate surface area is 167 Å². The zero-order valence-electron chi connectivity index (χ0n) is 15.2. The van der Waals surface area contributed by atoms with Gasteiger partial charge in [0.15, 0.2) is 0 Å². The smallest absolute Gasteiger partial charge is 0.261 e. The molecule has 0 saturated carbocycles. The largest absolute Gasteiger partial charge is 0.507 e. The first-order valence-corrected chi connectivity index (χ1v) is 9.18. The summed E-state index contributed by atoms with van der Waals surface area (Å²) in [5.41, 5.74) is 3.45. The number of benzene rings is 3. The van der Waals surface area contributed by atoms with E-state index in [-0.39, 0.29) is 17.2 Å². The second kappa shape index (κ2) is 7.37. The summed E-state index contributed by atoms with van der Waals surface area (Å²) in [6, 6.07) is 20.1. The van der Waals surface area contributed by atoms with Crippen molar-refractivity contribution in [1.82, 2.24) is 10.2 Å². The number of H-pyrrole nitrogens is 1. The van der Waals surface area contributed by atoms with Crippen molar-refractivity contribution in [2.75, 3.05) is 11.9 Å². The number of aromatic nitrogens is 2. The third-order valence-corrected chi connectivity index (χ3v) is 4.93. The summed E-state index contributed by atoms with van der Waals surface area (Å²) in [6.45, 7) is 0. The van der Waals surface area contributed by atoms with Crippen LogP contribution in [0, 0.1) is 0 Å². The number of aromatic hydroxyl groups is 1. The molecule has 0 aliphatic heterocycles. The van der Waals surface area contributed by atoms with Crippen LogP contribution in [0.1, 0.15) is 21.6 Å². The number of carbonyl (C=O) groups is 1. The lowest BCUT2D eigenvalue weighted by atomic mass is 10.0. The number of hydrogen-bond donors (Lipinski definition) is 2. The highest BCUT2D eigenvalue weighted by Crippen LogP contribution is 2.29. The minimum atomic E-state index is -0.291. The van der Waals surface area contributed by atoms with Crippen LogP contribution in [0.4, 0.5) is 5.69 Å². The number of aromatic amines is 1. The molecule has 5 nitrogen and oxygen atoms in total. The average molecular weight is 392 g/mol. The van der Waals surface area contributed by atoms with E-state index in [0.717, 1.165) is 22.3 Å². The Hall–Kier alpha value is -3.31. The molecule has 2 N–H and O–H groups in total. The Morgan fingerprint density at radius 1 is 1.11 bits per heavy atom. The first kappa shape index (κ1) is 18.1. The summed E-state index contributed by atoms with van der Waals surface area (Å²) >= 11 is 6.07. The molecule has 0 bridgehead atoms. The second-order valence-corrected chi connectivity index (χ2v) is 7.03. The first-order valence-electron chi connectivity index (χ1n) is 8.80. The quantitative estimate of drug-likeness (QED) is 0.525. The molecule has 4 rings (SSSR count). The summed E-state index contributed by atoms with van der Waals surface area (Å²) in [4.78, 5) is 14.5. The minimum absolute atomic E-state index is 0.0850. The van der Waals surface area contributed by atoms with E-state index in [9.17, 15) is 9.90 Å². The number of phenols is 1. The van der Waals surface area contributed by atoms with Crippen molar-refractivity contribution in [3.05, 3.63) is 88.6 Å². The van der Waals surface area contributed by atoms with Crippen LogP contribution < -0.4 is 4.90 Å². The van der Waals surface area contributed by atoms with Crippen LogP contribution in [0.15, 0.2) is 66.7 Å². The summed E-state index contributed by atoms with van der Waals surface area (Å²) in [5, 5.41) is 19.1. The van der Waals surface area contributed by atoms with E-state index >= 15 is 0 Å². The molecule has 4 aromatic rings. The van der Waals surface area contributed by atoms with Gasteiger partial charge in [-0.15, -0.1) is 0 Å². The number of amides is 1. The standard InChI is InChI=1S/C22H18ClN3O2/c1-26(16-8-3-2-4-9-16)22(28)18-12-17-19(24-25-20(17)13-21(18)27)11-14-6-5-7-15(23)10-14/h2-10,12-13,27H,11H2,1H3,(H,24,25). The van der Waals surface area contributed by atoms with E-state index < -0.39 is 0 Å². The van der Waals surface area contributed by atoms with Crippen molar-refractivity contribution in [2.24, 2.45) is 0 Å². The number of hydrogen-bond acceptors (Lipinski definition) is 3. The Morgan fingerprint density at radius 2 is 1.89 bits per heavy atom. The molecule has 1 heterocycles. The van der Waals surface area contributed by atoms with Crippen LogP contribution in [0.2, 0.25) is 5.02 Å². The molecule has 0 aliphatic rings.